The highest BCUT2D eigenvalue weighted by Gasteiger charge is 2.32. The second-order valence-electron chi connectivity index (χ2n) is 2.45. The van der Waals surface area contributed by atoms with E-state index in [2.05, 4.69) is 5.43 Å². The largest absolute Gasteiger partial charge is 0.357 e. The predicted molar refractivity (Wildman–Crippen MR) is 40.0 cm³/mol. The lowest BCUT2D eigenvalue weighted by Gasteiger charge is -2.31. The van der Waals surface area contributed by atoms with E-state index in [0.717, 1.165) is 23.9 Å². The van der Waals surface area contributed by atoms with E-state index in [1.165, 1.54) is 0 Å². The van der Waals surface area contributed by atoms with Crippen molar-refractivity contribution in [1.29, 1.82) is 0 Å². The summed E-state index contributed by atoms with van der Waals surface area (Å²) in [6.45, 7) is 0. The second-order valence-corrected chi connectivity index (χ2v) is 3.80. The van der Waals surface area contributed by atoms with Gasteiger partial charge in [0.1, 0.15) is 0 Å². The van der Waals surface area contributed by atoms with Crippen LogP contribution in [0.15, 0.2) is 0 Å². The molecule has 0 aromatic heterocycles. The maximum absolute atomic E-state index is 9.10. The predicted octanol–water partition coefficient (Wildman–Crippen LogP) is -1.02. The van der Waals surface area contributed by atoms with Crippen LogP contribution in [0.5, 0.6) is 0 Å². The van der Waals surface area contributed by atoms with Gasteiger partial charge >= 0.3 is 0 Å². The Balaban J connectivity index is 2.40. The molecule has 0 bridgehead atoms. The van der Waals surface area contributed by atoms with Crippen molar-refractivity contribution in [3.8, 4) is 0 Å². The van der Waals surface area contributed by atoms with Crippen LogP contribution in [-0.4, -0.2) is 27.1 Å². The third-order valence-corrected chi connectivity index (χ3v) is 2.62. The molecule has 1 heterocycles. The summed E-state index contributed by atoms with van der Waals surface area (Å²) in [6.07, 6.45) is 1.19. The van der Waals surface area contributed by atoms with Gasteiger partial charge in [0.2, 0.25) is 5.12 Å². The molecular formula is C5H12N2O2S. The van der Waals surface area contributed by atoms with Crippen molar-refractivity contribution < 1.29 is 10.2 Å². The Morgan fingerprint density at radius 2 is 2.30 bits per heavy atom. The van der Waals surface area contributed by atoms with Crippen LogP contribution in [0.3, 0.4) is 0 Å². The molecule has 1 unspecified atom stereocenters. The highest BCUT2D eigenvalue weighted by atomic mass is 32.2. The van der Waals surface area contributed by atoms with E-state index in [9.17, 15) is 0 Å². The van der Waals surface area contributed by atoms with Crippen molar-refractivity contribution in [3.63, 3.8) is 0 Å². The van der Waals surface area contributed by atoms with Crippen LogP contribution in [-0.2, 0) is 0 Å². The van der Waals surface area contributed by atoms with E-state index in [4.69, 9.17) is 16.1 Å². The first-order valence-electron chi connectivity index (χ1n) is 3.19. The first-order chi connectivity index (χ1) is 4.64. The van der Waals surface area contributed by atoms with Crippen LogP contribution in [0.25, 0.3) is 0 Å². The molecule has 0 radical (unpaired) electrons. The van der Waals surface area contributed by atoms with Gasteiger partial charge < -0.3 is 10.2 Å². The number of hydrazine groups is 1. The molecule has 0 amide bonds. The Labute approximate surface area is 63.8 Å². The molecule has 1 aliphatic heterocycles. The Bertz CT molecular complexity index is 120. The molecule has 60 valence electrons. The van der Waals surface area contributed by atoms with E-state index in [1.54, 1.807) is 0 Å². The summed E-state index contributed by atoms with van der Waals surface area (Å²) in [4.78, 5) is 0. The quantitative estimate of drug-likeness (QED) is 0.227. The van der Waals surface area contributed by atoms with E-state index in [-0.39, 0.29) is 6.04 Å². The van der Waals surface area contributed by atoms with Gasteiger partial charge in [-0.1, -0.05) is 11.8 Å². The molecule has 1 fully saturated rings. The molecule has 5 heteroatoms. The molecule has 0 aromatic rings. The van der Waals surface area contributed by atoms with Crippen molar-refractivity contribution >= 4 is 11.8 Å². The monoisotopic (exact) mass is 164 g/mol. The minimum absolute atomic E-state index is 0.0382. The fourth-order valence-corrected chi connectivity index (χ4v) is 2.04. The summed E-state index contributed by atoms with van der Waals surface area (Å²) in [7, 11) is 0. The van der Waals surface area contributed by atoms with Crippen LogP contribution in [0, 0.1) is 0 Å². The van der Waals surface area contributed by atoms with E-state index < -0.39 is 5.12 Å². The summed E-state index contributed by atoms with van der Waals surface area (Å²) < 4.78 is 0. The van der Waals surface area contributed by atoms with Crippen molar-refractivity contribution in [3.05, 3.63) is 0 Å². The number of nitrogens with two attached hydrogens (primary N) is 1. The second kappa shape index (κ2) is 3.06. The Kier molecular flexibility index (Phi) is 2.54. The molecule has 1 aliphatic rings. The number of hydrogen-bond donors (Lipinski definition) is 4. The molecule has 4 nitrogen and oxygen atoms in total. The van der Waals surface area contributed by atoms with Gasteiger partial charge in [-0.3, -0.25) is 11.3 Å². The maximum atomic E-state index is 9.10. The average Bonchev–Trinajstić information content (AvgIpc) is 1.86. The smallest absolute Gasteiger partial charge is 0.214 e. The van der Waals surface area contributed by atoms with Gasteiger partial charge in [-0.25, -0.2) is 0 Å². The molecule has 1 atom stereocenters. The molecule has 0 aromatic carbocycles. The summed E-state index contributed by atoms with van der Waals surface area (Å²) in [5.41, 5.74) is 2.53. The molecule has 0 saturated carbocycles. The van der Waals surface area contributed by atoms with Crippen molar-refractivity contribution in [2.24, 2.45) is 5.84 Å². The van der Waals surface area contributed by atoms with Crippen LogP contribution in [0.1, 0.15) is 12.8 Å². The van der Waals surface area contributed by atoms with E-state index in [0.29, 0.717) is 6.42 Å². The van der Waals surface area contributed by atoms with Crippen molar-refractivity contribution in [2.45, 2.75) is 24.0 Å². The zero-order chi connectivity index (χ0) is 7.61. The van der Waals surface area contributed by atoms with Gasteiger partial charge in [0.05, 0.1) is 0 Å². The van der Waals surface area contributed by atoms with Crippen LogP contribution in [0.4, 0.5) is 0 Å². The van der Waals surface area contributed by atoms with Gasteiger partial charge in [-0.15, -0.1) is 0 Å². The average molecular weight is 164 g/mol. The zero-order valence-electron chi connectivity index (χ0n) is 5.58. The Morgan fingerprint density at radius 1 is 1.60 bits per heavy atom. The highest BCUT2D eigenvalue weighted by molar-refractivity contribution is 8.00. The molecule has 0 spiro atoms. The van der Waals surface area contributed by atoms with E-state index >= 15 is 0 Å². The standard InChI is InChI=1S/C5H12N2O2S/c6-7-4-1-2-10-5(8,9)3-4/h4,7-9H,1-3,6H2. The molecule has 1 saturated heterocycles. The molecule has 1 rings (SSSR count). The fourth-order valence-electron chi connectivity index (χ4n) is 0.989. The van der Waals surface area contributed by atoms with Gasteiger partial charge in [0.15, 0.2) is 0 Å². The van der Waals surface area contributed by atoms with Crippen LogP contribution >= 0.6 is 11.8 Å². The minimum atomic E-state index is -1.57. The normalized spacial score (nSPS) is 32.1. The number of hydrogen-bond acceptors (Lipinski definition) is 5. The first-order valence-corrected chi connectivity index (χ1v) is 4.17. The van der Waals surface area contributed by atoms with Crippen molar-refractivity contribution in [1.82, 2.24) is 5.43 Å². The minimum Gasteiger partial charge on any atom is -0.357 e. The number of thioether (sulfide) groups is 1. The van der Waals surface area contributed by atoms with Gasteiger partial charge in [-0.2, -0.15) is 0 Å². The highest BCUT2D eigenvalue weighted by Crippen LogP contribution is 2.31. The Hall–Kier alpha value is 0.190. The van der Waals surface area contributed by atoms with Gasteiger partial charge in [-0.05, 0) is 12.2 Å². The first kappa shape index (κ1) is 8.29. The lowest BCUT2D eigenvalue weighted by molar-refractivity contribution is -0.0902. The topological polar surface area (TPSA) is 78.5 Å². The lowest BCUT2D eigenvalue weighted by Crippen LogP contribution is -2.45. The maximum Gasteiger partial charge on any atom is 0.214 e. The third kappa shape index (κ3) is 2.10. The number of rotatable bonds is 1. The molecule has 0 aliphatic carbocycles. The molecular weight excluding hydrogens is 152 g/mol. The van der Waals surface area contributed by atoms with Crippen molar-refractivity contribution in [2.75, 3.05) is 5.75 Å². The number of nitrogens with one attached hydrogen (secondary N) is 1. The number of aliphatic hydroxyl groups is 2. The van der Waals surface area contributed by atoms with Crippen LogP contribution in [0.2, 0.25) is 0 Å². The van der Waals surface area contributed by atoms with E-state index in [1.807, 2.05) is 0 Å². The third-order valence-electron chi connectivity index (χ3n) is 1.55. The van der Waals surface area contributed by atoms with Gasteiger partial charge in [0, 0.05) is 12.5 Å². The summed E-state index contributed by atoms with van der Waals surface area (Å²) >= 11 is 1.16. The summed E-state index contributed by atoms with van der Waals surface area (Å²) in [6, 6.07) is 0.0382. The Morgan fingerprint density at radius 3 is 2.70 bits per heavy atom. The molecule has 10 heavy (non-hydrogen) atoms. The SMILES string of the molecule is NNC1CCSC(O)(O)C1. The zero-order valence-corrected chi connectivity index (χ0v) is 6.40. The molecule has 5 N–H and O–H groups in total. The lowest BCUT2D eigenvalue weighted by atomic mass is 10.1. The fraction of sp³-hybridized carbons (Fsp3) is 1.00. The van der Waals surface area contributed by atoms with Crippen LogP contribution < -0.4 is 11.3 Å². The summed E-state index contributed by atoms with van der Waals surface area (Å²) in [5, 5.41) is 16.6. The summed E-state index contributed by atoms with van der Waals surface area (Å²) in [5.74, 6) is 5.88. The van der Waals surface area contributed by atoms with Gasteiger partial charge in [0.25, 0.3) is 0 Å².